The maximum atomic E-state index is 12.6. The number of hydrogen-bond donors (Lipinski definition) is 3. The zero-order valence-electron chi connectivity index (χ0n) is 13.6. The summed E-state index contributed by atoms with van der Waals surface area (Å²) in [5.41, 5.74) is 2.55. The van der Waals surface area contributed by atoms with Gasteiger partial charge >= 0.3 is 0 Å². The van der Waals surface area contributed by atoms with Crippen LogP contribution in [-0.4, -0.2) is 17.9 Å². The van der Waals surface area contributed by atoms with Crippen LogP contribution in [0.1, 0.15) is 36.0 Å². The summed E-state index contributed by atoms with van der Waals surface area (Å²) < 4.78 is 0. The first kappa shape index (κ1) is 15.3. The molecule has 5 heteroatoms. The number of amides is 1. The largest absolute Gasteiger partial charge is 0.387 e. The van der Waals surface area contributed by atoms with E-state index in [0.29, 0.717) is 12.0 Å². The Bertz CT molecular complexity index is 798. The molecule has 1 aliphatic heterocycles. The van der Waals surface area contributed by atoms with Crippen LogP contribution >= 0.6 is 0 Å². The van der Waals surface area contributed by atoms with E-state index in [1.165, 1.54) is 0 Å². The molecule has 0 spiro atoms. The van der Waals surface area contributed by atoms with E-state index in [1.807, 2.05) is 44.2 Å². The summed E-state index contributed by atoms with van der Waals surface area (Å²) in [7, 11) is 1.77. The Labute approximate surface area is 135 Å². The minimum Gasteiger partial charge on any atom is -0.387 e. The number of rotatable bonds is 3. The molecule has 23 heavy (non-hydrogen) atoms. The number of aromatic amines is 1. The second kappa shape index (κ2) is 5.57. The van der Waals surface area contributed by atoms with Gasteiger partial charge in [-0.25, -0.2) is 0 Å². The molecule has 1 fully saturated rings. The molecule has 2 heterocycles. The lowest BCUT2D eigenvalue weighted by Gasteiger charge is -2.24. The van der Waals surface area contributed by atoms with Gasteiger partial charge in [0.15, 0.2) is 0 Å². The van der Waals surface area contributed by atoms with Crippen LogP contribution in [0.25, 0.3) is 0 Å². The zero-order valence-corrected chi connectivity index (χ0v) is 13.6. The molecule has 0 saturated carbocycles. The maximum Gasteiger partial charge on any atom is 0.254 e. The Balaban J connectivity index is 2.06. The molecule has 3 N–H and O–H groups in total. The van der Waals surface area contributed by atoms with Crippen LogP contribution in [0.4, 0.5) is 5.69 Å². The van der Waals surface area contributed by atoms with Crippen LogP contribution in [-0.2, 0) is 10.3 Å². The van der Waals surface area contributed by atoms with Crippen molar-refractivity contribution in [1.82, 2.24) is 10.3 Å². The van der Waals surface area contributed by atoms with E-state index in [1.54, 1.807) is 13.2 Å². The van der Waals surface area contributed by atoms with E-state index >= 15 is 0 Å². The van der Waals surface area contributed by atoms with Crippen molar-refractivity contribution < 1.29 is 4.79 Å². The number of nitrogens with one attached hydrogen (secondary N) is 3. The molecular weight excluding hydrogens is 290 g/mol. The van der Waals surface area contributed by atoms with Crippen molar-refractivity contribution in [2.75, 3.05) is 12.4 Å². The van der Waals surface area contributed by atoms with Gasteiger partial charge in [0, 0.05) is 18.9 Å². The van der Waals surface area contributed by atoms with Gasteiger partial charge in [0.2, 0.25) is 5.91 Å². The van der Waals surface area contributed by atoms with Crippen LogP contribution < -0.4 is 16.2 Å². The van der Waals surface area contributed by atoms with Gasteiger partial charge in [0.05, 0.1) is 17.0 Å². The van der Waals surface area contributed by atoms with Gasteiger partial charge in [0.25, 0.3) is 5.56 Å². The number of carbonyl (C=O) groups is 1. The van der Waals surface area contributed by atoms with E-state index in [2.05, 4.69) is 15.6 Å². The zero-order chi connectivity index (χ0) is 16.6. The molecule has 0 aliphatic carbocycles. The van der Waals surface area contributed by atoms with Crippen LogP contribution in [0.15, 0.2) is 41.3 Å². The average molecular weight is 311 g/mol. The highest BCUT2D eigenvalue weighted by atomic mass is 16.2. The molecule has 1 aliphatic rings. The summed E-state index contributed by atoms with van der Waals surface area (Å²) >= 11 is 0. The first-order chi connectivity index (χ1) is 11.0. The average Bonchev–Trinajstić information content (AvgIpc) is 2.86. The Hall–Kier alpha value is -2.56. The van der Waals surface area contributed by atoms with E-state index < -0.39 is 11.5 Å². The maximum absolute atomic E-state index is 12.6. The third-order valence-electron chi connectivity index (χ3n) is 4.67. The van der Waals surface area contributed by atoms with Crippen LogP contribution in [0.3, 0.4) is 0 Å². The number of H-pyrrole nitrogens is 1. The number of carbonyl (C=O) groups excluding carboxylic acids is 1. The Morgan fingerprint density at radius 3 is 2.57 bits per heavy atom. The van der Waals surface area contributed by atoms with Gasteiger partial charge in [0.1, 0.15) is 0 Å². The van der Waals surface area contributed by atoms with Crippen molar-refractivity contribution in [1.29, 1.82) is 0 Å². The molecular formula is C18H21N3O2. The van der Waals surface area contributed by atoms with Gasteiger partial charge in [-0.2, -0.15) is 0 Å². The molecule has 120 valence electrons. The number of anilines is 1. The molecule has 0 radical (unpaired) electrons. The molecule has 3 rings (SSSR count). The van der Waals surface area contributed by atoms with Crippen LogP contribution in [0, 0.1) is 6.92 Å². The highest BCUT2D eigenvalue weighted by Crippen LogP contribution is 2.40. The number of aryl methyl sites for hydroxylation is 1. The first-order valence-corrected chi connectivity index (χ1v) is 7.74. The van der Waals surface area contributed by atoms with Crippen LogP contribution in [0.2, 0.25) is 0 Å². The lowest BCUT2D eigenvalue weighted by Crippen LogP contribution is -2.35. The molecule has 1 amide bonds. The fraction of sp³-hybridized carbons (Fsp3) is 0.333. The van der Waals surface area contributed by atoms with E-state index in [0.717, 1.165) is 16.8 Å². The molecule has 2 atom stereocenters. The Morgan fingerprint density at radius 1 is 1.22 bits per heavy atom. The van der Waals surface area contributed by atoms with Crippen molar-refractivity contribution in [3.05, 3.63) is 63.6 Å². The predicted octanol–water partition coefficient (Wildman–Crippen LogP) is 2.24. The van der Waals surface area contributed by atoms with Gasteiger partial charge in [-0.05, 0) is 31.4 Å². The highest BCUT2D eigenvalue weighted by Gasteiger charge is 2.44. The lowest BCUT2D eigenvalue weighted by atomic mass is 9.84. The van der Waals surface area contributed by atoms with Gasteiger partial charge in [-0.15, -0.1) is 0 Å². The topological polar surface area (TPSA) is 74.0 Å². The minimum atomic E-state index is -0.468. The normalized spacial score (nSPS) is 23.6. The van der Waals surface area contributed by atoms with E-state index in [4.69, 9.17) is 0 Å². The summed E-state index contributed by atoms with van der Waals surface area (Å²) in [5.74, 6) is -0.574. The molecule has 0 bridgehead atoms. The minimum absolute atomic E-state index is 0.107. The van der Waals surface area contributed by atoms with Crippen molar-refractivity contribution in [3.8, 4) is 0 Å². The number of hydrogen-bond acceptors (Lipinski definition) is 3. The van der Waals surface area contributed by atoms with E-state index in [-0.39, 0.29) is 11.5 Å². The SMILES string of the molecule is CNc1c(C)c[nH]c(=O)c1C1CC(C)(c2ccccc2)NC1=O. The van der Waals surface area contributed by atoms with Crippen molar-refractivity contribution in [2.45, 2.75) is 31.7 Å². The fourth-order valence-electron chi connectivity index (χ4n) is 3.45. The molecule has 5 nitrogen and oxygen atoms in total. The molecule has 2 aromatic rings. The highest BCUT2D eigenvalue weighted by molar-refractivity contribution is 5.89. The number of benzene rings is 1. The Kier molecular flexibility index (Phi) is 3.72. The van der Waals surface area contributed by atoms with Gasteiger partial charge < -0.3 is 15.6 Å². The summed E-state index contributed by atoms with van der Waals surface area (Å²) in [6.07, 6.45) is 2.22. The second-order valence-corrected chi connectivity index (χ2v) is 6.28. The quantitative estimate of drug-likeness (QED) is 0.814. The predicted molar refractivity (Wildman–Crippen MR) is 90.6 cm³/mol. The third kappa shape index (κ3) is 2.52. The third-order valence-corrected chi connectivity index (χ3v) is 4.67. The van der Waals surface area contributed by atoms with E-state index in [9.17, 15) is 9.59 Å². The molecule has 2 unspecified atom stereocenters. The summed E-state index contributed by atoms with van der Waals surface area (Å²) in [4.78, 5) is 27.7. The van der Waals surface area contributed by atoms with Crippen LogP contribution in [0.5, 0.6) is 0 Å². The monoisotopic (exact) mass is 311 g/mol. The second-order valence-electron chi connectivity index (χ2n) is 6.28. The molecule has 1 aromatic heterocycles. The van der Waals surface area contributed by atoms with Crippen molar-refractivity contribution >= 4 is 11.6 Å². The lowest BCUT2D eigenvalue weighted by molar-refractivity contribution is -0.121. The van der Waals surface area contributed by atoms with Gasteiger partial charge in [-0.3, -0.25) is 9.59 Å². The Morgan fingerprint density at radius 2 is 1.91 bits per heavy atom. The summed E-state index contributed by atoms with van der Waals surface area (Å²) in [5, 5.41) is 6.14. The number of pyridine rings is 1. The smallest absolute Gasteiger partial charge is 0.254 e. The van der Waals surface area contributed by atoms with Gasteiger partial charge in [-0.1, -0.05) is 30.3 Å². The van der Waals surface area contributed by atoms with Crippen molar-refractivity contribution in [2.24, 2.45) is 0 Å². The van der Waals surface area contributed by atoms with Crippen molar-refractivity contribution in [3.63, 3.8) is 0 Å². The standard InChI is InChI=1S/C18H21N3O2/c1-11-10-20-17(23)14(15(11)19-3)13-9-18(2,21-16(13)22)12-7-5-4-6-8-12/h4-8,10,13H,9H2,1-3H3,(H,21,22)(H2,19,20,23). The summed E-state index contributed by atoms with van der Waals surface area (Å²) in [6, 6.07) is 9.87. The number of aromatic nitrogens is 1. The first-order valence-electron chi connectivity index (χ1n) is 7.74. The molecule has 1 saturated heterocycles. The molecule has 1 aromatic carbocycles. The fourth-order valence-corrected chi connectivity index (χ4v) is 3.45. The summed E-state index contributed by atoms with van der Waals surface area (Å²) in [6.45, 7) is 3.91.